The lowest BCUT2D eigenvalue weighted by Crippen LogP contribution is -2.39. The summed E-state index contributed by atoms with van der Waals surface area (Å²) in [6.45, 7) is 3.47. The Morgan fingerprint density at radius 2 is 1.94 bits per heavy atom. The van der Waals surface area contributed by atoms with Crippen LogP contribution in [0.15, 0.2) is 12.1 Å². The first kappa shape index (κ1) is 14.7. The van der Waals surface area contributed by atoms with E-state index in [-0.39, 0.29) is 22.5 Å². The number of esters is 1. The van der Waals surface area contributed by atoms with Crippen LogP contribution in [0.3, 0.4) is 0 Å². The summed E-state index contributed by atoms with van der Waals surface area (Å²) in [5.74, 6) is -0.973. The molecule has 0 saturated carbocycles. The maximum atomic E-state index is 11.8. The van der Waals surface area contributed by atoms with Gasteiger partial charge < -0.3 is 10.1 Å². The maximum absolute atomic E-state index is 11.8. The van der Waals surface area contributed by atoms with Crippen LogP contribution in [0.4, 0.5) is 0 Å². The van der Waals surface area contributed by atoms with Crippen LogP contribution >= 0.6 is 23.2 Å². The Balaban J connectivity index is 2.73. The third-order valence-corrected chi connectivity index (χ3v) is 2.40. The number of halogens is 2. The molecule has 0 bridgehead atoms. The summed E-state index contributed by atoms with van der Waals surface area (Å²) < 4.78 is 4.77. The Labute approximate surface area is 114 Å². The number of ether oxygens (including phenoxy) is 1. The van der Waals surface area contributed by atoms with Gasteiger partial charge in [0, 0.05) is 5.56 Å². The van der Waals surface area contributed by atoms with Crippen molar-refractivity contribution in [1.82, 2.24) is 10.3 Å². The second kappa shape index (κ2) is 6.56. The lowest BCUT2D eigenvalue weighted by Gasteiger charge is -2.12. The van der Waals surface area contributed by atoms with Crippen LogP contribution in [0.1, 0.15) is 24.2 Å². The fraction of sp³-hybridized carbons (Fsp3) is 0.364. The summed E-state index contributed by atoms with van der Waals surface area (Å²) in [5, 5.41) is 2.69. The minimum atomic E-state index is -0.747. The number of amides is 1. The number of rotatable bonds is 4. The van der Waals surface area contributed by atoms with Gasteiger partial charge in [-0.2, -0.15) is 0 Å². The Kier molecular flexibility index (Phi) is 5.37. The lowest BCUT2D eigenvalue weighted by atomic mass is 10.2. The van der Waals surface area contributed by atoms with Crippen LogP contribution in [0.5, 0.6) is 0 Å². The van der Waals surface area contributed by atoms with E-state index in [1.165, 1.54) is 19.1 Å². The molecule has 5 nitrogen and oxygen atoms in total. The predicted octanol–water partition coefficient (Wildman–Crippen LogP) is 2.07. The average Bonchev–Trinajstić information content (AvgIpc) is 2.27. The highest BCUT2D eigenvalue weighted by atomic mass is 35.5. The van der Waals surface area contributed by atoms with Crippen molar-refractivity contribution in [3.8, 4) is 0 Å². The van der Waals surface area contributed by atoms with Crippen LogP contribution in [-0.4, -0.2) is 29.5 Å². The van der Waals surface area contributed by atoms with Crippen LogP contribution < -0.4 is 5.32 Å². The third kappa shape index (κ3) is 4.16. The van der Waals surface area contributed by atoms with Gasteiger partial charge in [0.25, 0.3) is 5.91 Å². The SMILES string of the molecule is CCOC(=O)C(C)NC(=O)c1cc(Cl)nc(Cl)c1. The molecular weight excluding hydrogens is 279 g/mol. The smallest absolute Gasteiger partial charge is 0.328 e. The molecule has 0 aliphatic rings. The van der Waals surface area contributed by atoms with Crippen LogP contribution in [-0.2, 0) is 9.53 Å². The summed E-state index contributed by atoms with van der Waals surface area (Å²) in [5.41, 5.74) is 0.233. The second-order valence-corrected chi connectivity index (χ2v) is 4.22. The Hall–Kier alpha value is -1.33. The van der Waals surface area contributed by atoms with E-state index in [0.717, 1.165) is 0 Å². The first-order chi connectivity index (χ1) is 8.43. The largest absolute Gasteiger partial charge is 0.464 e. The van der Waals surface area contributed by atoms with E-state index < -0.39 is 17.9 Å². The highest BCUT2D eigenvalue weighted by Crippen LogP contribution is 2.14. The Bertz CT molecular complexity index is 445. The molecule has 0 spiro atoms. The summed E-state index contributed by atoms with van der Waals surface area (Å²) >= 11 is 11.4. The minimum Gasteiger partial charge on any atom is -0.464 e. The minimum absolute atomic E-state index is 0.108. The van der Waals surface area contributed by atoms with Gasteiger partial charge in [0.15, 0.2) is 0 Å². The summed E-state index contributed by atoms with van der Waals surface area (Å²) in [4.78, 5) is 26.9. The van der Waals surface area contributed by atoms with Gasteiger partial charge in [-0.15, -0.1) is 0 Å². The van der Waals surface area contributed by atoms with Gasteiger partial charge in [-0.05, 0) is 26.0 Å². The van der Waals surface area contributed by atoms with Gasteiger partial charge in [0.05, 0.1) is 6.61 Å². The summed E-state index contributed by atoms with van der Waals surface area (Å²) in [7, 11) is 0. The lowest BCUT2D eigenvalue weighted by molar-refractivity contribution is -0.144. The topological polar surface area (TPSA) is 68.3 Å². The van der Waals surface area contributed by atoms with Crippen molar-refractivity contribution in [2.45, 2.75) is 19.9 Å². The van der Waals surface area contributed by atoms with Gasteiger partial charge in [-0.1, -0.05) is 23.2 Å². The molecule has 1 atom stereocenters. The molecule has 0 saturated heterocycles. The van der Waals surface area contributed by atoms with Crippen molar-refractivity contribution in [2.75, 3.05) is 6.61 Å². The van der Waals surface area contributed by atoms with E-state index in [2.05, 4.69) is 10.3 Å². The first-order valence-electron chi connectivity index (χ1n) is 5.24. The molecule has 0 fully saturated rings. The molecule has 98 valence electrons. The number of nitrogens with zero attached hydrogens (tertiary/aromatic N) is 1. The van der Waals surface area contributed by atoms with Crippen molar-refractivity contribution in [1.29, 1.82) is 0 Å². The molecule has 0 radical (unpaired) electrons. The van der Waals surface area contributed by atoms with Gasteiger partial charge in [0.2, 0.25) is 0 Å². The molecule has 0 aliphatic carbocycles. The molecule has 1 rings (SSSR count). The molecule has 1 aromatic rings. The number of hydrogen-bond donors (Lipinski definition) is 1. The molecule has 1 unspecified atom stereocenters. The van der Waals surface area contributed by atoms with Gasteiger partial charge in [-0.3, -0.25) is 4.79 Å². The van der Waals surface area contributed by atoms with Crippen molar-refractivity contribution in [3.05, 3.63) is 28.0 Å². The summed E-state index contributed by atoms with van der Waals surface area (Å²) in [6.07, 6.45) is 0. The molecule has 1 amide bonds. The highest BCUT2D eigenvalue weighted by Gasteiger charge is 2.18. The number of carbonyl (C=O) groups is 2. The van der Waals surface area contributed by atoms with Crippen molar-refractivity contribution >= 4 is 35.1 Å². The van der Waals surface area contributed by atoms with E-state index >= 15 is 0 Å². The number of hydrogen-bond acceptors (Lipinski definition) is 4. The molecule has 7 heteroatoms. The monoisotopic (exact) mass is 290 g/mol. The number of pyridine rings is 1. The molecule has 1 heterocycles. The van der Waals surface area contributed by atoms with E-state index in [9.17, 15) is 9.59 Å². The van der Waals surface area contributed by atoms with E-state index in [4.69, 9.17) is 27.9 Å². The van der Waals surface area contributed by atoms with Crippen molar-refractivity contribution in [2.24, 2.45) is 0 Å². The van der Waals surface area contributed by atoms with E-state index in [0.29, 0.717) is 0 Å². The zero-order chi connectivity index (χ0) is 13.7. The fourth-order valence-electron chi connectivity index (χ4n) is 1.20. The second-order valence-electron chi connectivity index (χ2n) is 3.45. The Morgan fingerprint density at radius 3 is 2.44 bits per heavy atom. The van der Waals surface area contributed by atoms with Crippen LogP contribution in [0.25, 0.3) is 0 Å². The first-order valence-corrected chi connectivity index (χ1v) is 6.00. The quantitative estimate of drug-likeness (QED) is 0.681. The number of aromatic nitrogens is 1. The number of nitrogens with one attached hydrogen (secondary N) is 1. The van der Waals surface area contributed by atoms with Gasteiger partial charge in [0.1, 0.15) is 16.3 Å². The maximum Gasteiger partial charge on any atom is 0.328 e. The Morgan fingerprint density at radius 1 is 1.39 bits per heavy atom. The van der Waals surface area contributed by atoms with Crippen LogP contribution in [0, 0.1) is 0 Å². The zero-order valence-electron chi connectivity index (χ0n) is 9.87. The third-order valence-electron chi connectivity index (χ3n) is 2.01. The molecule has 1 N–H and O–H groups in total. The molecule has 0 aliphatic heterocycles. The van der Waals surface area contributed by atoms with E-state index in [1.807, 2.05) is 0 Å². The standard InChI is InChI=1S/C11H12Cl2N2O3/c1-3-18-11(17)6(2)14-10(16)7-4-8(12)15-9(13)5-7/h4-6H,3H2,1-2H3,(H,14,16). The number of carbonyl (C=O) groups excluding carboxylic acids is 2. The predicted molar refractivity (Wildman–Crippen MR) is 67.8 cm³/mol. The van der Waals surface area contributed by atoms with Gasteiger partial charge in [-0.25, -0.2) is 9.78 Å². The van der Waals surface area contributed by atoms with Crippen molar-refractivity contribution < 1.29 is 14.3 Å². The molecular formula is C11H12Cl2N2O3. The zero-order valence-corrected chi connectivity index (χ0v) is 11.4. The average molecular weight is 291 g/mol. The van der Waals surface area contributed by atoms with Gasteiger partial charge >= 0.3 is 5.97 Å². The highest BCUT2D eigenvalue weighted by molar-refractivity contribution is 6.33. The van der Waals surface area contributed by atoms with E-state index in [1.54, 1.807) is 6.92 Å². The normalized spacial score (nSPS) is 11.8. The summed E-state index contributed by atoms with van der Waals surface area (Å²) in [6, 6.07) is 1.98. The van der Waals surface area contributed by atoms with Crippen LogP contribution in [0.2, 0.25) is 10.3 Å². The molecule has 1 aromatic heterocycles. The fourth-order valence-corrected chi connectivity index (χ4v) is 1.66. The van der Waals surface area contributed by atoms with Crippen molar-refractivity contribution in [3.63, 3.8) is 0 Å². The molecule has 18 heavy (non-hydrogen) atoms. The molecule has 0 aromatic carbocycles.